The highest BCUT2D eigenvalue weighted by atomic mass is 32.1. The fraction of sp³-hybridized carbons (Fsp3) is 0.250. The zero-order valence-corrected chi connectivity index (χ0v) is 13.1. The molecule has 0 saturated carbocycles. The fourth-order valence-electron chi connectivity index (χ4n) is 2.03. The van der Waals surface area contributed by atoms with Crippen molar-refractivity contribution in [3.8, 4) is 0 Å². The molecule has 0 unspecified atom stereocenters. The predicted molar refractivity (Wildman–Crippen MR) is 86.2 cm³/mol. The molecule has 5 heteroatoms. The zero-order chi connectivity index (χ0) is 15.4. The van der Waals surface area contributed by atoms with E-state index < -0.39 is 0 Å². The second kappa shape index (κ2) is 6.54. The summed E-state index contributed by atoms with van der Waals surface area (Å²) in [6.45, 7) is 3.89. The highest BCUT2D eigenvalue weighted by molar-refractivity contribution is 7.14. The fourth-order valence-corrected chi connectivity index (χ4v) is 2.87. The van der Waals surface area contributed by atoms with Crippen LogP contribution in [0.4, 0.5) is 5.69 Å². The number of rotatable bonds is 4. The molecule has 0 saturated heterocycles. The second-order valence-corrected chi connectivity index (χ2v) is 5.80. The SMILES string of the molecule is CCc1ccc(C(=O)Nc2cccc(C(=O)NC)c2C)s1. The summed E-state index contributed by atoms with van der Waals surface area (Å²) in [4.78, 5) is 25.9. The Kier molecular flexibility index (Phi) is 4.75. The van der Waals surface area contributed by atoms with Crippen molar-refractivity contribution in [1.29, 1.82) is 0 Å². The first kappa shape index (κ1) is 15.3. The normalized spacial score (nSPS) is 10.2. The van der Waals surface area contributed by atoms with Crippen LogP contribution >= 0.6 is 11.3 Å². The molecule has 1 aromatic carbocycles. The average molecular weight is 302 g/mol. The van der Waals surface area contributed by atoms with Crippen molar-refractivity contribution >= 4 is 28.8 Å². The number of thiophene rings is 1. The Bertz CT molecular complexity index is 677. The van der Waals surface area contributed by atoms with Crippen molar-refractivity contribution in [1.82, 2.24) is 5.32 Å². The third-order valence-corrected chi connectivity index (χ3v) is 4.52. The van der Waals surface area contributed by atoms with E-state index in [1.54, 1.807) is 25.2 Å². The second-order valence-electron chi connectivity index (χ2n) is 4.63. The quantitative estimate of drug-likeness (QED) is 0.911. The minimum Gasteiger partial charge on any atom is -0.355 e. The topological polar surface area (TPSA) is 58.2 Å². The first-order valence-corrected chi connectivity index (χ1v) is 7.60. The Morgan fingerprint density at radius 3 is 2.52 bits per heavy atom. The lowest BCUT2D eigenvalue weighted by Crippen LogP contribution is -2.20. The van der Waals surface area contributed by atoms with E-state index in [0.717, 1.165) is 12.0 Å². The van der Waals surface area contributed by atoms with E-state index in [4.69, 9.17) is 0 Å². The third-order valence-electron chi connectivity index (χ3n) is 3.29. The van der Waals surface area contributed by atoms with Gasteiger partial charge in [0.25, 0.3) is 11.8 Å². The lowest BCUT2D eigenvalue weighted by Gasteiger charge is -2.11. The van der Waals surface area contributed by atoms with Crippen molar-refractivity contribution in [3.63, 3.8) is 0 Å². The molecule has 0 atom stereocenters. The standard InChI is InChI=1S/C16H18N2O2S/c1-4-11-8-9-14(21-11)16(20)18-13-7-5-6-12(10(13)2)15(19)17-3/h5-9H,4H2,1-3H3,(H,17,19)(H,18,20). The van der Waals surface area contributed by atoms with E-state index in [1.807, 2.05) is 19.1 Å². The molecule has 4 nitrogen and oxygen atoms in total. The van der Waals surface area contributed by atoms with Crippen molar-refractivity contribution in [2.24, 2.45) is 0 Å². The first-order valence-electron chi connectivity index (χ1n) is 6.78. The molecule has 0 radical (unpaired) electrons. The van der Waals surface area contributed by atoms with Gasteiger partial charge in [0.2, 0.25) is 0 Å². The van der Waals surface area contributed by atoms with Crippen LogP contribution in [0.5, 0.6) is 0 Å². The van der Waals surface area contributed by atoms with E-state index in [2.05, 4.69) is 17.6 Å². The Hall–Kier alpha value is -2.14. The number of benzene rings is 1. The van der Waals surface area contributed by atoms with Gasteiger partial charge in [0.15, 0.2) is 0 Å². The molecule has 0 spiro atoms. The third kappa shape index (κ3) is 3.31. The summed E-state index contributed by atoms with van der Waals surface area (Å²) in [6, 6.07) is 9.10. The van der Waals surface area contributed by atoms with Gasteiger partial charge in [-0.05, 0) is 43.2 Å². The summed E-state index contributed by atoms with van der Waals surface area (Å²) in [7, 11) is 1.59. The average Bonchev–Trinajstić information content (AvgIpc) is 2.97. The molecule has 2 amide bonds. The molecule has 2 N–H and O–H groups in total. The van der Waals surface area contributed by atoms with E-state index in [1.165, 1.54) is 16.2 Å². The van der Waals surface area contributed by atoms with Gasteiger partial charge in [0, 0.05) is 23.2 Å². The molecule has 0 aliphatic rings. The van der Waals surface area contributed by atoms with Crippen LogP contribution in [0.25, 0.3) is 0 Å². The summed E-state index contributed by atoms with van der Waals surface area (Å²) in [6.07, 6.45) is 0.920. The molecule has 1 aromatic heterocycles. The van der Waals surface area contributed by atoms with E-state index in [-0.39, 0.29) is 11.8 Å². The minimum absolute atomic E-state index is 0.142. The Labute approximate surface area is 128 Å². The van der Waals surface area contributed by atoms with E-state index in [0.29, 0.717) is 16.1 Å². The number of carbonyl (C=O) groups excluding carboxylic acids is 2. The van der Waals surface area contributed by atoms with Crippen LogP contribution in [-0.2, 0) is 6.42 Å². The Morgan fingerprint density at radius 1 is 1.14 bits per heavy atom. The first-order chi connectivity index (χ1) is 10.1. The van der Waals surface area contributed by atoms with Gasteiger partial charge in [-0.25, -0.2) is 0 Å². The number of nitrogens with one attached hydrogen (secondary N) is 2. The molecule has 21 heavy (non-hydrogen) atoms. The zero-order valence-electron chi connectivity index (χ0n) is 12.3. The van der Waals surface area contributed by atoms with Gasteiger partial charge >= 0.3 is 0 Å². The summed E-state index contributed by atoms with van der Waals surface area (Å²) >= 11 is 1.49. The molecule has 110 valence electrons. The van der Waals surface area contributed by atoms with Gasteiger partial charge in [0.1, 0.15) is 0 Å². The number of amides is 2. The van der Waals surface area contributed by atoms with Crippen LogP contribution in [0.2, 0.25) is 0 Å². The molecular weight excluding hydrogens is 284 g/mol. The van der Waals surface area contributed by atoms with Crippen molar-refractivity contribution in [2.75, 3.05) is 12.4 Å². The van der Waals surface area contributed by atoms with Crippen molar-refractivity contribution in [3.05, 3.63) is 51.2 Å². The van der Waals surface area contributed by atoms with Gasteiger partial charge < -0.3 is 10.6 Å². The number of carbonyl (C=O) groups is 2. The van der Waals surface area contributed by atoms with Crippen LogP contribution in [0, 0.1) is 6.92 Å². The van der Waals surface area contributed by atoms with Gasteiger partial charge in [-0.2, -0.15) is 0 Å². The largest absolute Gasteiger partial charge is 0.355 e. The van der Waals surface area contributed by atoms with Crippen molar-refractivity contribution in [2.45, 2.75) is 20.3 Å². The van der Waals surface area contributed by atoms with Crippen LogP contribution in [-0.4, -0.2) is 18.9 Å². The maximum atomic E-state index is 12.2. The highest BCUT2D eigenvalue weighted by Crippen LogP contribution is 2.22. The van der Waals surface area contributed by atoms with Crippen LogP contribution in [0.3, 0.4) is 0 Å². The molecule has 0 bridgehead atoms. The van der Waals surface area contributed by atoms with Gasteiger partial charge in [0.05, 0.1) is 4.88 Å². The molecule has 2 aromatic rings. The van der Waals surface area contributed by atoms with E-state index in [9.17, 15) is 9.59 Å². The Morgan fingerprint density at radius 2 is 1.90 bits per heavy atom. The molecular formula is C16H18N2O2S. The maximum absolute atomic E-state index is 12.2. The maximum Gasteiger partial charge on any atom is 0.265 e. The number of hydrogen-bond acceptors (Lipinski definition) is 3. The summed E-state index contributed by atoms with van der Waals surface area (Å²) in [5.74, 6) is -0.301. The van der Waals surface area contributed by atoms with Gasteiger partial charge in [-0.15, -0.1) is 11.3 Å². The predicted octanol–water partition coefficient (Wildman–Crippen LogP) is 3.23. The van der Waals surface area contributed by atoms with Crippen LogP contribution < -0.4 is 10.6 Å². The molecule has 1 heterocycles. The van der Waals surface area contributed by atoms with Gasteiger partial charge in [-0.3, -0.25) is 9.59 Å². The summed E-state index contributed by atoms with van der Waals surface area (Å²) < 4.78 is 0. The Balaban J connectivity index is 2.23. The smallest absolute Gasteiger partial charge is 0.265 e. The number of hydrogen-bond donors (Lipinski definition) is 2. The van der Waals surface area contributed by atoms with Crippen LogP contribution in [0.1, 0.15) is 37.4 Å². The number of anilines is 1. The summed E-state index contributed by atoms with van der Waals surface area (Å²) in [5, 5.41) is 5.47. The molecule has 0 aliphatic heterocycles. The number of aryl methyl sites for hydroxylation is 1. The summed E-state index contributed by atoms with van der Waals surface area (Å²) in [5.41, 5.74) is 1.99. The minimum atomic E-state index is -0.159. The lowest BCUT2D eigenvalue weighted by molar-refractivity contribution is 0.0961. The van der Waals surface area contributed by atoms with Crippen molar-refractivity contribution < 1.29 is 9.59 Å². The van der Waals surface area contributed by atoms with Crippen LogP contribution in [0.15, 0.2) is 30.3 Å². The molecule has 2 rings (SSSR count). The molecule has 0 aliphatic carbocycles. The monoisotopic (exact) mass is 302 g/mol. The highest BCUT2D eigenvalue weighted by Gasteiger charge is 2.14. The van der Waals surface area contributed by atoms with E-state index >= 15 is 0 Å². The lowest BCUT2D eigenvalue weighted by atomic mass is 10.1. The van der Waals surface area contributed by atoms with Gasteiger partial charge in [-0.1, -0.05) is 13.0 Å². The molecule has 0 fully saturated rings.